The standard InChI is InChI=1S/C22H15N5O4/c1-12-18-16(11-17(24-21(18)30-26-12)13-6-3-2-4-7-13)20(28)23-15-9-5-8-14(10-15)19-25-22(29)31-27-19/h2-11H,1H3,(H,23,28)(H,25,27,29). The molecule has 0 saturated carbocycles. The molecule has 9 nitrogen and oxygen atoms in total. The highest BCUT2D eigenvalue weighted by molar-refractivity contribution is 6.13. The summed E-state index contributed by atoms with van der Waals surface area (Å²) in [6.07, 6.45) is 0. The van der Waals surface area contributed by atoms with Gasteiger partial charge in [-0.3, -0.25) is 14.3 Å². The molecule has 1 amide bonds. The molecule has 0 spiro atoms. The number of carbonyl (C=O) groups is 1. The van der Waals surface area contributed by atoms with Crippen LogP contribution in [0.15, 0.2) is 74.5 Å². The Balaban J connectivity index is 1.54. The van der Waals surface area contributed by atoms with E-state index in [1.165, 1.54) is 0 Å². The van der Waals surface area contributed by atoms with Gasteiger partial charge in [-0.25, -0.2) is 9.78 Å². The van der Waals surface area contributed by atoms with Crippen molar-refractivity contribution in [2.45, 2.75) is 6.92 Å². The fourth-order valence-corrected chi connectivity index (χ4v) is 3.33. The topological polar surface area (TPSA) is 127 Å². The first kappa shape index (κ1) is 18.5. The van der Waals surface area contributed by atoms with E-state index in [0.717, 1.165) is 5.56 Å². The lowest BCUT2D eigenvalue weighted by atomic mass is 10.0. The first-order valence-corrected chi connectivity index (χ1v) is 9.39. The number of pyridine rings is 1. The number of carbonyl (C=O) groups excluding carboxylic acids is 1. The quantitative estimate of drug-likeness (QED) is 0.459. The average molecular weight is 413 g/mol. The molecule has 0 aliphatic heterocycles. The lowest BCUT2D eigenvalue weighted by Gasteiger charge is -2.09. The molecule has 0 aliphatic rings. The fraction of sp³-hybridized carbons (Fsp3) is 0.0455. The number of aryl methyl sites for hydroxylation is 1. The van der Waals surface area contributed by atoms with Gasteiger partial charge in [0.2, 0.25) is 0 Å². The van der Waals surface area contributed by atoms with Crippen LogP contribution in [0.3, 0.4) is 0 Å². The fourth-order valence-electron chi connectivity index (χ4n) is 3.33. The van der Waals surface area contributed by atoms with Crippen LogP contribution in [0.5, 0.6) is 0 Å². The maximum Gasteiger partial charge on any atom is 0.439 e. The maximum atomic E-state index is 13.2. The van der Waals surface area contributed by atoms with Crippen LogP contribution < -0.4 is 11.1 Å². The molecule has 5 aromatic rings. The maximum absolute atomic E-state index is 13.2. The van der Waals surface area contributed by atoms with E-state index in [1.54, 1.807) is 37.3 Å². The highest BCUT2D eigenvalue weighted by Gasteiger charge is 2.20. The molecule has 0 saturated heterocycles. The molecule has 0 aliphatic carbocycles. The number of benzene rings is 2. The van der Waals surface area contributed by atoms with Crippen molar-refractivity contribution in [1.29, 1.82) is 0 Å². The predicted octanol–water partition coefficient (Wildman–Crippen LogP) is 3.79. The summed E-state index contributed by atoms with van der Waals surface area (Å²) < 4.78 is 9.88. The molecule has 0 unspecified atom stereocenters. The predicted molar refractivity (Wildman–Crippen MR) is 112 cm³/mol. The van der Waals surface area contributed by atoms with Gasteiger partial charge >= 0.3 is 5.76 Å². The van der Waals surface area contributed by atoms with E-state index in [2.05, 4.69) is 30.1 Å². The molecular weight excluding hydrogens is 398 g/mol. The smallest absolute Gasteiger partial charge is 0.335 e. The zero-order valence-corrected chi connectivity index (χ0v) is 16.2. The number of nitrogens with one attached hydrogen (secondary N) is 2. The van der Waals surface area contributed by atoms with Crippen LogP contribution in [-0.2, 0) is 0 Å². The summed E-state index contributed by atoms with van der Waals surface area (Å²) in [4.78, 5) is 31.4. The van der Waals surface area contributed by atoms with Gasteiger partial charge in [-0.2, -0.15) is 0 Å². The van der Waals surface area contributed by atoms with Crippen LogP contribution in [0.1, 0.15) is 16.1 Å². The van der Waals surface area contributed by atoms with Crippen LogP contribution in [0.2, 0.25) is 0 Å². The van der Waals surface area contributed by atoms with E-state index in [0.29, 0.717) is 33.6 Å². The number of hydrogen-bond donors (Lipinski definition) is 2. The first-order valence-electron chi connectivity index (χ1n) is 9.39. The molecule has 0 fully saturated rings. The first-order chi connectivity index (χ1) is 15.1. The number of hydrogen-bond acceptors (Lipinski definition) is 7. The van der Waals surface area contributed by atoms with E-state index in [9.17, 15) is 9.59 Å². The summed E-state index contributed by atoms with van der Waals surface area (Å²) in [5.74, 6) is -0.727. The molecule has 2 aromatic carbocycles. The average Bonchev–Trinajstić information content (AvgIpc) is 3.40. The molecule has 2 N–H and O–H groups in total. The lowest BCUT2D eigenvalue weighted by molar-refractivity contribution is 0.102. The summed E-state index contributed by atoms with van der Waals surface area (Å²) in [6, 6.07) is 18.1. The largest absolute Gasteiger partial charge is 0.439 e. The third-order valence-electron chi connectivity index (χ3n) is 4.77. The molecule has 152 valence electrons. The van der Waals surface area contributed by atoms with Gasteiger partial charge in [-0.15, -0.1) is 0 Å². The molecule has 0 atom stereocenters. The summed E-state index contributed by atoms with van der Waals surface area (Å²) in [7, 11) is 0. The third kappa shape index (κ3) is 3.48. The van der Waals surface area contributed by atoms with Gasteiger partial charge < -0.3 is 9.84 Å². The molecule has 31 heavy (non-hydrogen) atoms. The van der Waals surface area contributed by atoms with Crippen LogP contribution >= 0.6 is 0 Å². The minimum Gasteiger partial charge on any atom is -0.335 e. The van der Waals surface area contributed by atoms with Crippen molar-refractivity contribution < 1.29 is 13.8 Å². The second-order valence-electron chi connectivity index (χ2n) is 6.85. The number of anilines is 1. The third-order valence-corrected chi connectivity index (χ3v) is 4.77. The van der Waals surface area contributed by atoms with Gasteiger partial charge in [0.25, 0.3) is 11.6 Å². The Morgan fingerprint density at radius 2 is 1.77 bits per heavy atom. The van der Waals surface area contributed by atoms with Crippen molar-refractivity contribution in [3.05, 3.63) is 82.5 Å². The van der Waals surface area contributed by atoms with Crippen molar-refractivity contribution in [2.75, 3.05) is 5.32 Å². The van der Waals surface area contributed by atoms with Gasteiger partial charge in [0.15, 0.2) is 5.82 Å². The second kappa shape index (κ2) is 7.38. The number of H-pyrrole nitrogens is 1. The van der Waals surface area contributed by atoms with E-state index in [-0.39, 0.29) is 17.4 Å². The van der Waals surface area contributed by atoms with Gasteiger partial charge in [-0.05, 0) is 25.1 Å². The normalized spacial score (nSPS) is 11.0. The van der Waals surface area contributed by atoms with Gasteiger partial charge in [0.1, 0.15) is 0 Å². The van der Waals surface area contributed by atoms with Crippen LogP contribution in [-0.4, -0.2) is 26.2 Å². The Labute approximate surface area is 174 Å². The van der Waals surface area contributed by atoms with Crippen molar-refractivity contribution >= 4 is 22.7 Å². The van der Waals surface area contributed by atoms with Crippen LogP contribution in [0.25, 0.3) is 33.7 Å². The molecule has 9 heteroatoms. The molecule has 3 heterocycles. The number of aromatic nitrogens is 4. The summed E-state index contributed by atoms with van der Waals surface area (Å²) in [6.45, 7) is 1.76. The van der Waals surface area contributed by atoms with Crippen LogP contribution in [0, 0.1) is 6.92 Å². The number of fused-ring (bicyclic) bond motifs is 1. The highest BCUT2D eigenvalue weighted by Crippen LogP contribution is 2.28. The molecule has 0 radical (unpaired) electrons. The molecule has 5 rings (SSSR count). The molecule has 3 aromatic heterocycles. The van der Waals surface area contributed by atoms with Gasteiger partial charge in [0, 0.05) is 16.8 Å². The van der Waals surface area contributed by atoms with E-state index < -0.39 is 5.76 Å². The molecule has 0 bridgehead atoms. The Kier molecular flexibility index (Phi) is 4.40. The Morgan fingerprint density at radius 1 is 0.968 bits per heavy atom. The number of rotatable bonds is 4. The van der Waals surface area contributed by atoms with Crippen molar-refractivity contribution in [3.63, 3.8) is 0 Å². The van der Waals surface area contributed by atoms with E-state index >= 15 is 0 Å². The zero-order chi connectivity index (χ0) is 21.4. The zero-order valence-electron chi connectivity index (χ0n) is 16.2. The Morgan fingerprint density at radius 3 is 2.55 bits per heavy atom. The van der Waals surface area contributed by atoms with Crippen molar-refractivity contribution in [2.24, 2.45) is 0 Å². The Bertz CT molecular complexity index is 1470. The van der Waals surface area contributed by atoms with Crippen molar-refractivity contribution in [3.8, 4) is 22.6 Å². The second-order valence-corrected chi connectivity index (χ2v) is 6.85. The number of aromatic amines is 1. The van der Waals surface area contributed by atoms with E-state index in [4.69, 9.17) is 4.52 Å². The van der Waals surface area contributed by atoms with Crippen LogP contribution in [0.4, 0.5) is 5.69 Å². The van der Waals surface area contributed by atoms with Crippen molar-refractivity contribution in [1.82, 2.24) is 20.3 Å². The highest BCUT2D eigenvalue weighted by atomic mass is 16.5. The summed E-state index contributed by atoms with van der Waals surface area (Å²) >= 11 is 0. The van der Waals surface area contributed by atoms with E-state index in [1.807, 2.05) is 30.3 Å². The summed E-state index contributed by atoms with van der Waals surface area (Å²) in [5.41, 5.74) is 3.82. The molecular formula is C22H15N5O4. The lowest BCUT2D eigenvalue weighted by Crippen LogP contribution is -2.13. The minimum absolute atomic E-state index is 0.272. The monoisotopic (exact) mass is 413 g/mol. The van der Waals surface area contributed by atoms with Gasteiger partial charge in [-0.1, -0.05) is 52.8 Å². The number of amides is 1. The Hall–Kier alpha value is -4.53. The minimum atomic E-state index is -0.653. The summed E-state index contributed by atoms with van der Waals surface area (Å²) in [5, 5.41) is 11.1. The number of nitrogens with zero attached hydrogens (tertiary/aromatic N) is 3. The van der Waals surface area contributed by atoms with Gasteiger partial charge in [0.05, 0.1) is 22.3 Å². The SMILES string of the molecule is Cc1noc2nc(-c3ccccc3)cc(C(=O)Nc3cccc(-c4noc(=O)[nH]4)c3)c12.